The van der Waals surface area contributed by atoms with Gasteiger partial charge in [-0.05, 0) is 97.9 Å². The number of hydrogen-bond donors (Lipinski definition) is 1. The van der Waals surface area contributed by atoms with Crippen LogP contribution in [0.1, 0.15) is 69.7 Å². The Morgan fingerprint density at radius 2 is 2.14 bits per heavy atom. The molecular formula is C30H39N3O2. The molecule has 1 aromatic carbocycles. The molecule has 1 aliphatic heterocycles. The summed E-state index contributed by atoms with van der Waals surface area (Å²) in [6.45, 7) is 9.65. The predicted octanol–water partition coefficient (Wildman–Crippen LogP) is 5.29. The molecule has 1 heterocycles. The summed E-state index contributed by atoms with van der Waals surface area (Å²) in [6.07, 6.45) is 10.6. The molecule has 2 fully saturated rings. The zero-order valence-electron chi connectivity index (χ0n) is 21.8. The van der Waals surface area contributed by atoms with E-state index in [-0.39, 0.29) is 17.6 Å². The zero-order chi connectivity index (χ0) is 24.9. The highest BCUT2D eigenvalue weighted by Gasteiger charge is 2.55. The Kier molecular flexibility index (Phi) is 6.42. The summed E-state index contributed by atoms with van der Waals surface area (Å²) in [7, 11) is 1.82. The maximum absolute atomic E-state index is 9.76. The topological polar surface area (TPSA) is 71.5 Å². The SMILES string of the molecule is COC1CN(C2CCc3c(/C(=C/N)C4CC4(C)C4=CCC(OC(C)C)C(C#N)=C4)cccc32)[C@@H]1C. The molecule has 0 aromatic heterocycles. The molecule has 5 nitrogen and oxygen atoms in total. The quantitative estimate of drug-likeness (QED) is 0.582. The Labute approximate surface area is 210 Å². The second kappa shape index (κ2) is 9.24. The van der Waals surface area contributed by atoms with Crippen LogP contribution in [-0.2, 0) is 15.9 Å². The van der Waals surface area contributed by atoms with Gasteiger partial charge in [0.05, 0.1) is 30.0 Å². The van der Waals surface area contributed by atoms with Crippen molar-refractivity contribution in [3.63, 3.8) is 0 Å². The number of benzene rings is 1. The van der Waals surface area contributed by atoms with Gasteiger partial charge in [-0.25, -0.2) is 0 Å². The Balaban J connectivity index is 1.37. The van der Waals surface area contributed by atoms with E-state index >= 15 is 0 Å². The Bertz CT molecular complexity index is 1130. The first-order valence-electron chi connectivity index (χ1n) is 13.1. The Morgan fingerprint density at radius 1 is 1.34 bits per heavy atom. The average Bonchev–Trinajstić information content (AvgIpc) is 3.34. The highest BCUT2D eigenvalue weighted by atomic mass is 16.5. The third kappa shape index (κ3) is 4.06. The van der Waals surface area contributed by atoms with Crippen molar-refractivity contribution in [3.05, 3.63) is 64.4 Å². The van der Waals surface area contributed by atoms with Crippen LogP contribution in [0.5, 0.6) is 0 Å². The Hall–Kier alpha value is -2.39. The van der Waals surface area contributed by atoms with Gasteiger partial charge in [-0.1, -0.05) is 31.2 Å². The fraction of sp³-hybridized carbons (Fsp3) is 0.567. The van der Waals surface area contributed by atoms with E-state index in [1.807, 2.05) is 27.2 Å². The zero-order valence-corrected chi connectivity index (χ0v) is 21.8. The molecule has 0 radical (unpaired) electrons. The summed E-state index contributed by atoms with van der Waals surface area (Å²) in [4.78, 5) is 2.59. The van der Waals surface area contributed by atoms with Crippen molar-refractivity contribution in [3.8, 4) is 6.07 Å². The first kappa shape index (κ1) is 24.3. The van der Waals surface area contributed by atoms with Crippen LogP contribution in [-0.4, -0.2) is 42.9 Å². The van der Waals surface area contributed by atoms with Gasteiger partial charge in [-0.15, -0.1) is 0 Å². The van der Waals surface area contributed by atoms with Crippen molar-refractivity contribution in [2.24, 2.45) is 17.1 Å². The number of allylic oxidation sites excluding steroid dienone is 3. The minimum atomic E-state index is -0.134. The van der Waals surface area contributed by atoms with Gasteiger partial charge < -0.3 is 15.2 Å². The highest BCUT2D eigenvalue weighted by molar-refractivity contribution is 5.75. The Morgan fingerprint density at radius 3 is 2.80 bits per heavy atom. The van der Waals surface area contributed by atoms with E-state index in [4.69, 9.17) is 15.2 Å². The summed E-state index contributed by atoms with van der Waals surface area (Å²) >= 11 is 0. The van der Waals surface area contributed by atoms with Crippen LogP contribution in [0.25, 0.3) is 5.57 Å². The third-order valence-corrected chi connectivity index (χ3v) is 8.93. The summed E-state index contributed by atoms with van der Waals surface area (Å²) in [5.41, 5.74) is 13.8. The highest BCUT2D eigenvalue weighted by Crippen LogP contribution is 2.64. The largest absolute Gasteiger partial charge is 0.404 e. The lowest BCUT2D eigenvalue weighted by Crippen LogP contribution is -2.59. The van der Waals surface area contributed by atoms with E-state index in [2.05, 4.69) is 55.2 Å². The lowest BCUT2D eigenvalue weighted by molar-refractivity contribution is -0.0980. The first-order chi connectivity index (χ1) is 16.8. The number of rotatable bonds is 7. The molecule has 6 atom stereocenters. The van der Waals surface area contributed by atoms with Crippen LogP contribution in [0, 0.1) is 22.7 Å². The number of methoxy groups -OCH3 is 1. The maximum Gasteiger partial charge on any atom is 0.0975 e. The second-order valence-corrected chi connectivity index (χ2v) is 11.2. The fourth-order valence-corrected chi connectivity index (χ4v) is 6.70. The van der Waals surface area contributed by atoms with Gasteiger partial charge >= 0.3 is 0 Å². The summed E-state index contributed by atoms with van der Waals surface area (Å²) in [6, 6.07) is 10.1. The van der Waals surface area contributed by atoms with Crippen molar-refractivity contribution < 1.29 is 9.47 Å². The molecule has 2 N–H and O–H groups in total. The molecule has 1 saturated heterocycles. The molecule has 0 amide bonds. The van der Waals surface area contributed by atoms with E-state index in [1.54, 1.807) is 0 Å². The van der Waals surface area contributed by atoms with Crippen LogP contribution < -0.4 is 5.73 Å². The molecular weight excluding hydrogens is 434 g/mol. The van der Waals surface area contributed by atoms with Gasteiger partial charge in [0.25, 0.3) is 0 Å². The summed E-state index contributed by atoms with van der Waals surface area (Å²) in [5, 5.41) is 9.76. The minimum absolute atomic E-state index is 0.00844. The van der Waals surface area contributed by atoms with Crippen LogP contribution >= 0.6 is 0 Å². The van der Waals surface area contributed by atoms with Crippen molar-refractivity contribution in [1.29, 1.82) is 5.26 Å². The van der Waals surface area contributed by atoms with Crippen molar-refractivity contribution >= 4 is 5.57 Å². The van der Waals surface area contributed by atoms with E-state index in [9.17, 15) is 5.26 Å². The lowest BCUT2D eigenvalue weighted by Gasteiger charge is -2.49. The molecule has 0 bridgehead atoms. The first-order valence-corrected chi connectivity index (χ1v) is 13.1. The fourth-order valence-electron chi connectivity index (χ4n) is 6.70. The van der Waals surface area contributed by atoms with Crippen LogP contribution in [0.15, 0.2) is 47.7 Å². The normalized spacial score (nSPS) is 34.7. The summed E-state index contributed by atoms with van der Waals surface area (Å²) < 4.78 is 11.6. The molecule has 186 valence electrons. The van der Waals surface area contributed by atoms with E-state index < -0.39 is 0 Å². The standard InChI is InChI=1S/C30H39N3O2/c1-18(2)35-28-12-9-21(13-20(28)15-31)30(4)14-26(30)25(16-32)22-7-6-8-24-23(22)10-11-27(24)33-17-29(34-5)19(33)3/h6-9,13,16,18-19,26-29H,10-12,14,17,32H2,1-5H3/b25-16-/t19-,26?,27?,28?,29?,30?/m1/s1. The predicted molar refractivity (Wildman–Crippen MR) is 139 cm³/mol. The number of fused-ring (bicyclic) bond motifs is 1. The minimum Gasteiger partial charge on any atom is -0.404 e. The van der Waals surface area contributed by atoms with Crippen LogP contribution in [0.4, 0.5) is 0 Å². The van der Waals surface area contributed by atoms with Crippen molar-refractivity contribution in [2.45, 2.75) is 83.8 Å². The van der Waals surface area contributed by atoms with Gasteiger partial charge in [0.15, 0.2) is 0 Å². The average molecular weight is 474 g/mol. The third-order valence-electron chi connectivity index (χ3n) is 8.93. The van der Waals surface area contributed by atoms with Crippen molar-refractivity contribution in [2.75, 3.05) is 13.7 Å². The van der Waals surface area contributed by atoms with Crippen molar-refractivity contribution in [1.82, 2.24) is 4.90 Å². The lowest BCUT2D eigenvalue weighted by atomic mass is 9.83. The van der Waals surface area contributed by atoms with Gasteiger partial charge in [-0.2, -0.15) is 5.26 Å². The van der Waals surface area contributed by atoms with Crippen LogP contribution in [0.2, 0.25) is 0 Å². The number of ether oxygens (including phenoxy) is 2. The smallest absolute Gasteiger partial charge is 0.0975 e. The maximum atomic E-state index is 9.76. The molecule has 5 unspecified atom stereocenters. The number of nitrogens with two attached hydrogens (primary N) is 1. The van der Waals surface area contributed by atoms with Gasteiger partial charge in [-0.3, -0.25) is 4.90 Å². The summed E-state index contributed by atoms with van der Waals surface area (Å²) in [5.74, 6) is 0.365. The van der Waals surface area contributed by atoms with E-state index in [0.29, 0.717) is 24.1 Å². The number of nitrogens with zero attached hydrogens (tertiary/aromatic N) is 2. The molecule has 3 aliphatic carbocycles. The second-order valence-electron chi connectivity index (χ2n) is 11.2. The monoisotopic (exact) mass is 473 g/mol. The molecule has 1 aromatic rings. The number of hydrogen-bond acceptors (Lipinski definition) is 5. The number of nitriles is 1. The molecule has 4 aliphatic rings. The molecule has 1 saturated carbocycles. The molecule has 5 heteroatoms. The van der Waals surface area contributed by atoms with Gasteiger partial charge in [0.2, 0.25) is 0 Å². The van der Waals surface area contributed by atoms with Gasteiger partial charge in [0, 0.05) is 25.7 Å². The molecule has 5 rings (SSSR count). The van der Waals surface area contributed by atoms with Crippen LogP contribution in [0.3, 0.4) is 0 Å². The van der Waals surface area contributed by atoms with Gasteiger partial charge in [0.1, 0.15) is 0 Å². The van der Waals surface area contributed by atoms with E-state index in [0.717, 1.165) is 37.8 Å². The molecule has 35 heavy (non-hydrogen) atoms. The number of likely N-dealkylation sites (tertiary alicyclic amines) is 1. The van der Waals surface area contributed by atoms with E-state index in [1.165, 1.54) is 27.8 Å². The molecule has 0 spiro atoms.